The second kappa shape index (κ2) is 6.08. The molecule has 0 N–H and O–H groups in total. The van der Waals surface area contributed by atoms with Crippen molar-refractivity contribution in [3.63, 3.8) is 0 Å². The fraction of sp³-hybridized carbons (Fsp3) is 0.462. The average molecular weight is 203 g/mol. The monoisotopic (exact) mass is 203 g/mol. The van der Waals surface area contributed by atoms with Gasteiger partial charge in [-0.3, -0.25) is 4.79 Å². The van der Waals surface area contributed by atoms with Gasteiger partial charge in [0, 0.05) is 37.3 Å². The van der Waals surface area contributed by atoms with Crippen molar-refractivity contribution in [1.29, 1.82) is 0 Å². The molecule has 0 saturated carbocycles. The smallest absolute Gasteiger partial charge is 0.164 e. The van der Waals surface area contributed by atoms with E-state index in [-0.39, 0.29) is 5.78 Å². The molecule has 1 aromatic heterocycles. The molecule has 1 aromatic rings. The summed E-state index contributed by atoms with van der Waals surface area (Å²) in [5.74, 6) is 2.84. The van der Waals surface area contributed by atoms with E-state index in [0.29, 0.717) is 6.42 Å². The standard InChI is InChI=1S/C13H17NO/c1-3-5-6-9-14-10-8-12(11-14)13(15)7-4-2/h1,8,10-11H,4-7,9H2,2H3. The lowest BCUT2D eigenvalue weighted by molar-refractivity contribution is 0.0981. The van der Waals surface area contributed by atoms with E-state index < -0.39 is 0 Å². The van der Waals surface area contributed by atoms with Gasteiger partial charge < -0.3 is 4.57 Å². The first-order valence-corrected chi connectivity index (χ1v) is 5.40. The number of Topliss-reactive ketones (excluding diaryl/α,β-unsaturated/α-hetero) is 1. The number of aryl methyl sites for hydroxylation is 1. The lowest BCUT2D eigenvalue weighted by Crippen LogP contribution is -1.97. The van der Waals surface area contributed by atoms with Crippen LogP contribution < -0.4 is 0 Å². The molecule has 0 aliphatic carbocycles. The lowest BCUT2D eigenvalue weighted by atomic mass is 10.1. The predicted molar refractivity (Wildman–Crippen MR) is 61.7 cm³/mol. The van der Waals surface area contributed by atoms with Crippen molar-refractivity contribution in [2.24, 2.45) is 0 Å². The Morgan fingerprint density at radius 3 is 3.07 bits per heavy atom. The van der Waals surface area contributed by atoms with Crippen molar-refractivity contribution in [1.82, 2.24) is 4.57 Å². The number of carbonyl (C=O) groups is 1. The van der Waals surface area contributed by atoms with Gasteiger partial charge in [0.05, 0.1) is 0 Å². The number of carbonyl (C=O) groups excluding carboxylic acids is 1. The van der Waals surface area contributed by atoms with Crippen LogP contribution in [0.2, 0.25) is 0 Å². The highest BCUT2D eigenvalue weighted by molar-refractivity contribution is 5.95. The third kappa shape index (κ3) is 3.63. The molecule has 0 aliphatic heterocycles. The second-order valence-electron chi connectivity index (χ2n) is 3.62. The second-order valence-corrected chi connectivity index (χ2v) is 3.62. The maximum absolute atomic E-state index is 11.5. The Morgan fingerprint density at radius 2 is 2.40 bits per heavy atom. The van der Waals surface area contributed by atoms with Crippen LogP contribution in [0.4, 0.5) is 0 Å². The van der Waals surface area contributed by atoms with Crippen LogP contribution >= 0.6 is 0 Å². The molecule has 2 heteroatoms. The van der Waals surface area contributed by atoms with E-state index >= 15 is 0 Å². The van der Waals surface area contributed by atoms with E-state index in [1.54, 1.807) is 0 Å². The molecule has 0 bridgehead atoms. The van der Waals surface area contributed by atoms with Crippen molar-refractivity contribution in [3.8, 4) is 12.3 Å². The Labute approximate surface area is 91.3 Å². The number of ketones is 1. The zero-order valence-electron chi connectivity index (χ0n) is 9.20. The van der Waals surface area contributed by atoms with E-state index in [1.165, 1.54) is 0 Å². The van der Waals surface area contributed by atoms with E-state index in [4.69, 9.17) is 6.42 Å². The molecule has 0 aromatic carbocycles. The third-order valence-electron chi connectivity index (χ3n) is 2.29. The highest BCUT2D eigenvalue weighted by Gasteiger charge is 2.05. The number of rotatable bonds is 6. The summed E-state index contributed by atoms with van der Waals surface area (Å²) in [7, 11) is 0. The van der Waals surface area contributed by atoms with Crippen LogP contribution in [0.3, 0.4) is 0 Å². The third-order valence-corrected chi connectivity index (χ3v) is 2.29. The van der Waals surface area contributed by atoms with Gasteiger partial charge in [0.2, 0.25) is 0 Å². The minimum atomic E-state index is 0.230. The van der Waals surface area contributed by atoms with Gasteiger partial charge in [0.25, 0.3) is 0 Å². The minimum absolute atomic E-state index is 0.230. The SMILES string of the molecule is C#CCCCn1ccc(C(=O)CCC)c1. The quantitative estimate of drug-likeness (QED) is 0.396. The first-order valence-electron chi connectivity index (χ1n) is 5.40. The number of aromatic nitrogens is 1. The van der Waals surface area contributed by atoms with E-state index in [1.807, 2.05) is 30.0 Å². The first-order chi connectivity index (χ1) is 7.27. The Balaban J connectivity index is 2.49. The van der Waals surface area contributed by atoms with E-state index in [9.17, 15) is 4.79 Å². The molecule has 0 amide bonds. The van der Waals surface area contributed by atoms with Gasteiger partial charge >= 0.3 is 0 Å². The van der Waals surface area contributed by atoms with Crippen LogP contribution in [-0.2, 0) is 6.54 Å². The number of hydrogen-bond acceptors (Lipinski definition) is 1. The summed E-state index contributed by atoms with van der Waals surface area (Å²) in [4.78, 5) is 11.5. The largest absolute Gasteiger partial charge is 0.353 e. The van der Waals surface area contributed by atoms with Gasteiger partial charge in [-0.25, -0.2) is 0 Å². The van der Waals surface area contributed by atoms with Crippen molar-refractivity contribution in [2.45, 2.75) is 39.2 Å². The van der Waals surface area contributed by atoms with Crippen LogP contribution in [0.15, 0.2) is 18.5 Å². The fourth-order valence-electron chi connectivity index (χ4n) is 1.48. The molecule has 0 radical (unpaired) electrons. The number of hydrogen-bond donors (Lipinski definition) is 0. The highest BCUT2D eigenvalue weighted by Crippen LogP contribution is 2.07. The van der Waals surface area contributed by atoms with E-state index in [0.717, 1.165) is 31.4 Å². The summed E-state index contributed by atoms with van der Waals surface area (Å²) >= 11 is 0. The lowest BCUT2D eigenvalue weighted by Gasteiger charge is -1.99. The summed E-state index contributed by atoms with van der Waals surface area (Å²) in [6.45, 7) is 2.91. The average Bonchev–Trinajstić information content (AvgIpc) is 2.67. The molecule has 0 unspecified atom stereocenters. The maximum atomic E-state index is 11.5. The first kappa shape index (κ1) is 11.6. The number of nitrogens with zero attached hydrogens (tertiary/aromatic N) is 1. The molecule has 1 rings (SSSR count). The summed E-state index contributed by atoms with van der Waals surface area (Å²) in [5, 5.41) is 0. The number of terminal acetylenes is 1. The molecule has 0 aliphatic rings. The predicted octanol–water partition coefficient (Wildman–Crippen LogP) is 2.88. The van der Waals surface area contributed by atoms with Crippen molar-refractivity contribution < 1.29 is 4.79 Å². The summed E-state index contributed by atoms with van der Waals surface area (Å²) in [6.07, 6.45) is 12.3. The van der Waals surface area contributed by atoms with Crippen molar-refractivity contribution in [2.75, 3.05) is 0 Å². The molecule has 0 atom stereocenters. The van der Waals surface area contributed by atoms with Gasteiger partial charge in [-0.2, -0.15) is 0 Å². The van der Waals surface area contributed by atoms with Gasteiger partial charge in [0.1, 0.15) is 0 Å². The zero-order valence-corrected chi connectivity index (χ0v) is 9.20. The van der Waals surface area contributed by atoms with Crippen LogP contribution in [0.1, 0.15) is 43.0 Å². The molecular weight excluding hydrogens is 186 g/mol. The molecule has 15 heavy (non-hydrogen) atoms. The maximum Gasteiger partial charge on any atom is 0.164 e. The Hall–Kier alpha value is -1.49. The van der Waals surface area contributed by atoms with Crippen LogP contribution in [0, 0.1) is 12.3 Å². The van der Waals surface area contributed by atoms with Crippen LogP contribution in [0.25, 0.3) is 0 Å². The highest BCUT2D eigenvalue weighted by atomic mass is 16.1. The normalized spacial score (nSPS) is 9.87. The molecule has 0 fully saturated rings. The fourth-order valence-corrected chi connectivity index (χ4v) is 1.48. The molecule has 80 valence electrons. The minimum Gasteiger partial charge on any atom is -0.353 e. The summed E-state index contributed by atoms with van der Waals surface area (Å²) < 4.78 is 2.03. The summed E-state index contributed by atoms with van der Waals surface area (Å²) in [5.41, 5.74) is 0.817. The molecule has 0 spiro atoms. The van der Waals surface area contributed by atoms with Crippen molar-refractivity contribution >= 4 is 5.78 Å². The topological polar surface area (TPSA) is 22.0 Å². The molecular formula is C13H17NO. The van der Waals surface area contributed by atoms with Crippen molar-refractivity contribution in [3.05, 3.63) is 24.0 Å². The van der Waals surface area contributed by atoms with Gasteiger partial charge in [-0.15, -0.1) is 12.3 Å². The number of unbranched alkanes of at least 4 members (excludes halogenated alkanes) is 1. The van der Waals surface area contributed by atoms with Gasteiger partial charge in [0.15, 0.2) is 5.78 Å². The van der Waals surface area contributed by atoms with E-state index in [2.05, 4.69) is 5.92 Å². The van der Waals surface area contributed by atoms with Gasteiger partial charge in [-0.05, 0) is 18.9 Å². The van der Waals surface area contributed by atoms with Gasteiger partial charge in [-0.1, -0.05) is 6.92 Å². The molecule has 1 heterocycles. The Kier molecular flexibility index (Phi) is 4.70. The van der Waals surface area contributed by atoms with Crippen LogP contribution in [-0.4, -0.2) is 10.4 Å². The molecule has 2 nitrogen and oxygen atoms in total. The zero-order chi connectivity index (χ0) is 11.1. The Bertz CT molecular complexity index is 357. The molecule has 0 saturated heterocycles. The Morgan fingerprint density at radius 1 is 1.60 bits per heavy atom. The van der Waals surface area contributed by atoms with Crippen LogP contribution in [0.5, 0.6) is 0 Å². The summed E-state index contributed by atoms with van der Waals surface area (Å²) in [6, 6.07) is 1.88.